The number of unbranched alkanes of at least 4 members (excludes halogenated alkanes) is 1. The van der Waals surface area contributed by atoms with Crippen LogP contribution < -0.4 is 5.69 Å². The molecule has 0 spiro atoms. The first-order valence-electron chi connectivity index (χ1n) is 11.5. The Morgan fingerprint density at radius 2 is 2.24 bits per heavy atom. The van der Waals surface area contributed by atoms with Crippen molar-refractivity contribution in [2.24, 2.45) is 4.99 Å². The Kier molecular flexibility index (Phi) is 5.80. The summed E-state index contributed by atoms with van der Waals surface area (Å²) in [5, 5.41) is 14.4. The van der Waals surface area contributed by atoms with Gasteiger partial charge in [0, 0.05) is 48.9 Å². The van der Waals surface area contributed by atoms with E-state index in [-0.39, 0.29) is 17.8 Å². The number of aryl methyl sites for hydroxylation is 1. The molecule has 0 saturated heterocycles. The molecule has 9 heteroatoms. The van der Waals surface area contributed by atoms with E-state index in [9.17, 15) is 4.79 Å². The summed E-state index contributed by atoms with van der Waals surface area (Å²) >= 11 is 0. The van der Waals surface area contributed by atoms with Gasteiger partial charge in [0.15, 0.2) is 0 Å². The molecule has 0 amide bonds. The molecule has 2 aliphatic rings. The molecule has 2 aromatic heterocycles. The largest absolute Gasteiger partial charge is 0.379 e. The Morgan fingerprint density at radius 1 is 1.33 bits per heavy atom. The van der Waals surface area contributed by atoms with Crippen LogP contribution in [0.15, 0.2) is 52.5 Å². The summed E-state index contributed by atoms with van der Waals surface area (Å²) in [6, 6.07) is 8.29. The quantitative estimate of drug-likeness (QED) is 0.543. The predicted molar refractivity (Wildman–Crippen MR) is 125 cm³/mol. The predicted octanol–water partition coefficient (Wildman–Crippen LogP) is 3.06. The van der Waals surface area contributed by atoms with Crippen molar-refractivity contribution in [3.05, 3.63) is 64.5 Å². The Morgan fingerprint density at radius 3 is 2.94 bits per heavy atom. The van der Waals surface area contributed by atoms with Gasteiger partial charge in [-0.25, -0.2) is 4.79 Å². The lowest BCUT2D eigenvalue weighted by Crippen LogP contribution is -2.37. The number of aromatic amines is 1. The van der Waals surface area contributed by atoms with Crippen molar-refractivity contribution in [3.8, 4) is 11.4 Å². The summed E-state index contributed by atoms with van der Waals surface area (Å²) in [5.41, 5.74) is 2.69. The van der Waals surface area contributed by atoms with E-state index in [1.54, 1.807) is 7.11 Å². The SMILES string of the molecule is CCCCc1cn(C2CC2OC)c(=O)n1CC1(c2cccc(-c3nn[nH]n3)c2)C=CN=CC1. The highest BCUT2D eigenvalue weighted by Crippen LogP contribution is 2.39. The van der Waals surface area contributed by atoms with Gasteiger partial charge < -0.3 is 4.74 Å². The second kappa shape index (κ2) is 8.90. The van der Waals surface area contributed by atoms with Crippen molar-refractivity contribution in [1.82, 2.24) is 29.8 Å². The second-order valence-corrected chi connectivity index (χ2v) is 8.90. The van der Waals surface area contributed by atoms with Crippen molar-refractivity contribution >= 4 is 6.21 Å². The molecule has 1 aliphatic carbocycles. The lowest BCUT2D eigenvalue weighted by atomic mass is 9.76. The minimum atomic E-state index is -0.400. The molecule has 0 bridgehead atoms. The van der Waals surface area contributed by atoms with Crippen LogP contribution in [-0.4, -0.2) is 49.2 Å². The van der Waals surface area contributed by atoms with Gasteiger partial charge in [-0.15, -0.1) is 10.2 Å². The van der Waals surface area contributed by atoms with Crippen LogP contribution in [0.25, 0.3) is 11.4 Å². The Hall–Kier alpha value is -3.33. The molecule has 33 heavy (non-hydrogen) atoms. The fraction of sp³-hybridized carbons (Fsp3) is 0.458. The van der Waals surface area contributed by atoms with Gasteiger partial charge in [-0.05, 0) is 42.5 Å². The molecule has 3 atom stereocenters. The van der Waals surface area contributed by atoms with Gasteiger partial charge in [0.05, 0.1) is 12.1 Å². The van der Waals surface area contributed by atoms with Crippen LogP contribution in [0, 0.1) is 0 Å². The van der Waals surface area contributed by atoms with Gasteiger partial charge in [0.2, 0.25) is 5.82 Å². The van der Waals surface area contributed by atoms with Crippen molar-refractivity contribution in [3.63, 3.8) is 0 Å². The summed E-state index contributed by atoms with van der Waals surface area (Å²) < 4.78 is 9.33. The van der Waals surface area contributed by atoms with Crippen molar-refractivity contribution in [2.45, 2.75) is 63.1 Å². The minimum Gasteiger partial charge on any atom is -0.379 e. The fourth-order valence-corrected chi connectivity index (χ4v) is 4.70. The topological polar surface area (TPSA) is 103 Å². The smallest absolute Gasteiger partial charge is 0.328 e. The van der Waals surface area contributed by atoms with Gasteiger partial charge >= 0.3 is 5.69 Å². The molecule has 172 valence electrons. The summed E-state index contributed by atoms with van der Waals surface area (Å²) in [4.78, 5) is 17.9. The number of hydrogen-bond acceptors (Lipinski definition) is 6. The molecule has 5 rings (SSSR count). The van der Waals surface area contributed by atoms with Crippen LogP contribution in [0.1, 0.15) is 49.9 Å². The zero-order chi connectivity index (χ0) is 22.8. The molecule has 1 fully saturated rings. The number of allylic oxidation sites excluding steroid dienone is 1. The number of ether oxygens (including phenoxy) is 1. The average molecular weight is 448 g/mol. The highest BCUT2D eigenvalue weighted by molar-refractivity contribution is 5.65. The number of benzene rings is 1. The molecule has 9 nitrogen and oxygen atoms in total. The maximum absolute atomic E-state index is 13.6. The first-order chi connectivity index (χ1) is 16.1. The molecule has 1 aliphatic heterocycles. The van der Waals surface area contributed by atoms with Gasteiger partial charge in [0.1, 0.15) is 0 Å². The molecule has 1 aromatic carbocycles. The van der Waals surface area contributed by atoms with Gasteiger partial charge in [0.25, 0.3) is 0 Å². The number of imidazole rings is 1. The number of methoxy groups -OCH3 is 1. The van der Waals surface area contributed by atoms with Crippen molar-refractivity contribution in [1.29, 1.82) is 0 Å². The maximum atomic E-state index is 13.6. The average Bonchev–Trinajstić information content (AvgIpc) is 3.29. The van der Waals surface area contributed by atoms with Crippen molar-refractivity contribution < 1.29 is 4.74 Å². The lowest BCUT2D eigenvalue weighted by Gasteiger charge is -2.32. The summed E-state index contributed by atoms with van der Waals surface area (Å²) in [6.45, 7) is 2.72. The van der Waals surface area contributed by atoms with Crippen LogP contribution in [0.3, 0.4) is 0 Å². The van der Waals surface area contributed by atoms with E-state index in [1.165, 1.54) is 0 Å². The van der Waals surface area contributed by atoms with Gasteiger partial charge in [-0.3, -0.25) is 14.1 Å². The van der Waals surface area contributed by atoms with Crippen LogP contribution in [0.2, 0.25) is 0 Å². The normalized spacial score (nSPS) is 23.8. The number of tetrazole rings is 1. The minimum absolute atomic E-state index is 0.0373. The Labute approximate surface area is 192 Å². The number of aromatic nitrogens is 6. The van der Waals surface area contributed by atoms with Crippen LogP contribution in [0.4, 0.5) is 0 Å². The third-order valence-corrected chi connectivity index (χ3v) is 6.75. The molecule has 1 N–H and O–H groups in total. The van der Waals surface area contributed by atoms with Gasteiger partial charge in [-0.2, -0.15) is 5.21 Å². The Balaban J connectivity index is 1.55. The molecule has 3 unspecified atom stereocenters. The van der Waals surface area contributed by atoms with E-state index in [1.807, 2.05) is 39.9 Å². The number of nitrogens with zero attached hydrogens (tertiary/aromatic N) is 6. The second-order valence-electron chi connectivity index (χ2n) is 8.90. The van der Waals surface area contributed by atoms with Gasteiger partial charge in [-0.1, -0.05) is 37.6 Å². The molecule has 3 aromatic rings. The van der Waals surface area contributed by atoms with E-state index in [0.717, 1.165) is 42.5 Å². The summed E-state index contributed by atoms with van der Waals surface area (Å²) in [5.74, 6) is 0.548. The van der Waals surface area contributed by atoms with E-state index in [2.05, 4.69) is 50.7 Å². The molecule has 0 radical (unpaired) electrons. The van der Waals surface area contributed by atoms with Crippen LogP contribution >= 0.6 is 0 Å². The lowest BCUT2D eigenvalue weighted by molar-refractivity contribution is 0.169. The molecule has 1 saturated carbocycles. The standard InChI is InChI=1S/C24H29N7O2/c1-3-4-8-19-15-30(20-14-21(20)33-2)23(32)31(19)16-24(9-11-25-12-10-24)18-7-5-6-17(13-18)22-26-28-29-27-22/h5-7,9,11-13,15,20-21H,3-4,8,10,14,16H2,1-2H3,(H,26,27,28,29). The van der Waals surface area contributed by atoms with E-state index >= 15 is 0 Å². The first-order valence-corrected chi connectivity index (χ1v) is 11.5. The third-order valence-electron chi connectivity index (χ3n) is 6.75. The maximum Gasteiger partial charge on any atom is 0.328 e. The monoisotopic (exact) mass is 447 g/mol. The fourth-order valence-electron chi connectivity index (χ4n) is 4.70. The number of nitrogens with one attached hydrogen (secondary N) is 1. The third kappa shape index (κ3) is 4.08. The zero-order valence-corrected chi connectivity index (χ0v) is 19.0. The highest BCUT2D eigenvalue weighted by atomic mass is 16.5. The molecule has 3 heterocycles. The summed E-state index contributed by atoms with van der Waals surface area (Å²) in [7, 11) is 1.71. The Bertz CT molecular complexity index is 1220. The number of H-pyrrole nitrogens is 1. The zero-order valence-electron chi connectivity index (χ0n) is 19.0. The summed E-state index contributed by atoms with van der Waals surface area (Å²) in [6.07, 6.45) is 12.6. The van der Waals surface area contributed by atoms with E-state index < -0.39 is 5.41 Å². The molecular weight excluding hydrogens is 418 g/mol. The highest BCUT2D eigenvalue weighted by Gasteiger charge is 2.41. The number of aliphatic imine (C=N–C) groups is 1. The first kappa shape index (κ1) is 21.5. The number of rotatable bonds is 9. The van der Waals surface area contributed by atoms with E-state index in [0.29, 0.717) is 18.8 Å². The molecular formula is C24H29N7O2. The van der Waals surface area contributed by atoms with E-state index in [4.69, 9.17) is 4.74 Å². The van der Waals surface area contributed by atoms with Crippen molar-refractivity contribution in [2.75, 3.05) is 7.11 Å². The van der Waals surface area contributed by atoms with Crippen LogP contribution in [-0.2, 0) is 23.1 Å². The number of hydrogen-bond donors (Lipinski definition) is 1. The van der Waals surface area contributed by atoms with Crippen LogP contribution in [0.5, 0.6) is 0 Å².